The van der Waals surface area contributed by atoms with Gasteiger partial charge in [0.05, 0.1) is 0 Å². The molecule has 0 radical (unpaired) electrons. The average molecular weight is 165 g/mol. The van der Waals surface area contributed by atoms with Crippen molar-refractivity contribution in [2.75, 3.05) is 24.6 Å². The third kappa shape index (κ3) is 5.06. The molecule has 62 valence electrons. The van der Waals surface area contributed by atoms with E-state index in [1.165, 1.54) is 0 Å². The van der Waals surface area contributed by atoms with E-state index in [9.17, 15) is 4.48 Å². The molecule has 0 unspecified atom stereocenters. The van der Waals surface area contributed by atoms with Gasteiger partial charge in [-0.1, -0.05) is 13.8 Å². The minimum Gasteiger partial charge on any atom is -0.161 e. The van der Waals surface area contributed by atoms with E-state index in [1.807, 2.05) is 25.6 Å². The standard InChI is InChI=1S/C5H10FNS.C2H6/c6-7-2-1-4-8-5-3-7;1-2/h1-5H2;1-2H3. The number of hydrogen-bond acceptors (Lipinski definition) is 2. The van der Waals surface area contributed by atoms with Gasteiger partial charge in [0.25, 0.3) is 0 Å². The first-order chi connectivity index (χ1) is 4.89. The van der Waals surface area contributed by atoms with Crippen LogP contribution in [-0.4, -0.2) is 29.7 Å². The summed E-state index contributed by atoms with van der Waals surface area (Å²) in [5.41, 5.74) is 0. The van der Waals surface area contributed by atoms with Crippen LogP contribution in [0.1, 0.15) is 20.3 Å². The van der Waals surface area contributed by atoms with Gasteiger partial charge in [-0.3, -0.25) is 0 Å². The Morgan fingerprint density at radius 2 is 1.90 bits per heavy atom. The number of rotatable bonds is 0. The van der Waals surface area contributed by atoms with Gasteiger partial charge in [0.1, 0.15) is 0 Å². The van der Waals surface area contributed by atoms with Gasteiger partial charge >= 0.3 is 0 Å². The molecule has 1 heterocycles. The normalized spacial score (nSPS) is 20.7. The van der Waals surface area contributed by atoms with Crippen LogP contribution in [0, 0.1) is 0 Å². The Kier molecular flexibility index (Phi) is 7.52. The molecule has 1 aliphatic heterocycles. The summed E-state index contributed by atoms with van der Waals surface area (Å²) >= 11 is 1.84. The molecule has 0 bridgehead atoms. The molecular formula is C7H16FNS. The van der Waals surface area contributed by atoms with Crippen molar-refractivity contribution < 1.29 is 4.48 Å². The van der Waals surface area contributed by atoms with Crippen molar-refractivity contribution in [2.45, 2.75) is 20.3 Å². The van der Waals surface area contributed by atoms with Crippen molar-refractivity contribution in [1.29, 1.82) is 0 Å². The highest BCUT2D eigenvalue weighted by atomic mass is 32.2. The minimum atomic E-state index is 0.616. The average Bonchev–Trinajstić information content (AvgIpc) is 2.21. The zero-order valence-electron chi connectivity index (χ0n) is 6.77. The topological polar surface area (TPSA) is 3.24 Å². The first kappa shape index (κ1) is 10.2. The molecular weight excluding hydrogens is 149 g/mol. The van der Waals surface area contributed by atoms with Gasteiger partial charge in [-0.2, -0.15) is 11.8 Å². The van der Waals surface area contributed by atoms with E-state index in [-0.39, 0.29) is 0 Å². The van der Waals surface area contributed by atoms with E-state index in [2.05, 4.69) is 0 Å². The van der Waals surface area contributed by atoms with E-state index < -0.39 is 0 Å². The Bertz CT molecular complexity index is 62.6. The van der Waals surface area contributed by atoms with Gasteiger partial charge < -0.3 is 0 Å². The Morgan fingerprint density at radius 3 is 2.60 bits per heavy atom. The third-order valence-corrected chi connectivity index (χ3v) is 2.22. The molecule has 1 saturated heterocycles. The molecule has 0 spiro atoms. The highest BCUT2D eigenvalue weighted by molar-refractivity contribution is 7.99. The predicted molar refractivity (Wildman–Crippen MR) is 46.0 cm³/mol. The molecule has 10 heavy (non-hydrogen) atoms. The SMILES string of the molecule is CC.FN1CCCSCC1. The number of hydrogen-bond donors (Lipinski definition) is 0. The lowest BCUT2D eigenvalue weighted by atomic mass is 10.5. The van der Waals surface area contributed by atoms with Crippen molar-refractivity contribution in [2.24, 2.45) is 0 Å². The molecule has 0 atom stereocenters. The van der Waals surface area contributed by atoms with Crippen molar-refractivity contribution in [1.82, 2.24) is 5.12 Å². The molecule has 0 aromatic rings. The molecule has 3 heteroatoms. The lowest BCUT2D eigenvalue weighted by Gasteiger charge is -2.03. The second kappa shape index (κ2) is 7.35. The van der Waals surface area contributed by atoms with E-state index >= 15 is 0 Å². The first-order valence-electron chi connectivity index (χ1n) is 3.88. The van der Waals surface area contributed by atoms with Gasteiger partial charge in [0.15, 0.2) is 0 Å². The molecule has 0 amide bonds. The van der Waals surface area contributed by atoms with Crippen molar-refractivity contribution >= 4 is 11.8 Å². The monoisotopic (exact) mass is 165 g/mol. The molecule has 1 rings (SSSR count). The summed E-state index contributed by atoms with van der Waals surface area (Å²) in [6, 6.07) is 0. The molecule has 1 fully saturated rings. The summed E-state index contributed by atoms with van der Waals surface area (Å²) in [6.45, 7) is 5.25. The van der Waals surface area contributed by atoms with Crippen molar-refractivity contribution in [3.63, 3.8) is 0 Å². The van der Waals surface area contributed by atoms with Gasteiger partial charge in [0.2, 0.25) is 0 Å². The lowest BCUT2D eigenvalue weighted by Crippen LogP contribution is -2.15. The van der Waals surface area contributed by atoms with Crippen LogP contribution in [0.25, 0.3) is 0 Å². The van der Waals surface area contributed by atoms with Crippen LogP contribution in [0.15, 0.2) is 0 Å². The van der Waals surface area contributed by atoms with Crippen LogP contribution in [0.4, 0.5) is 4.48 Å². The fourth-order valence-electron chi connectivity index (χ4n) is 0.716. The van der Waals surface area contributed by atoms with Gasteiger partial charge in [-0.05, 0) is 12.2 Å². The Morgan fingerprint density at radius 1 is 1.20 bits per heavy atom. The molecule has 1 aliphatic rings. The Balaban J connectivity index is 0.000000371. The Labute approximate surface area is 66.9 Å². The predicted octanol–water partition coefficient (Wildman–Crippen LogP) is 2.34. The molecule has 0 aromatic carbocycles. The van der Waals surface area contributed by atoms with E-state index in [1.54, 1.807) is 0 Å². The molecule has 0 aromatic heterocycles. The zero-order chi connectivity index (χ0) is 7.82. The summed E-state index contributed by atoms with van der Waals surface area (Å²) in [4.78, 5) is 0. The highest BCUT2D eigenvalue weighted by Crippen LogP contribution is 2.09. The molecule has 0 aliphatic carbocycles. The number of thioether (sulfide) groups is 1. The number of halogens is 1. The lowest BCUT2D eigenvalue weighted by molar-refractivity contribution is 0.0356. The van der Waals surface area contributed by atoms with Crippen molar-refractivity contribution in [3.8, 4) is 0 Å². The first-order valence-corrected chi connectivity index (χ1v) is 5.03. The highest BCUT2D eigenvalue weighted by Gasteiger charge is 2.05. The molecule has 1 nitrogen and oxygen atoms in total. The summed E-state index contributed by atoms with van der Waals surface area (Å²) in [5.74, 6) is 2.08. The number of nitrogens with zero attached hydrogens (tertiary/aromatic N) is 1. The second-order valence-corrected chi connectivity index (χ2v) is 3.10. The van der Waals surface area contributed by atoms with Gasteiger partial charge in [-0.25, -0.2) is 0 Å². The fraction of sp³-hybridized carbons (Fsp3) is 1.00. The summed E-state index contributed by atoms with van der Waals surface area (Å²) in [5, 5.41) is 0.903. The fourth-order valence-corrected chi connectivity index (χ4v) is 1.58. The van der Waals surface area contributed by atoms with Crippen molar-refractivity contribution in [3.05, 3.63) is 0 Å². The summed E-state index contributed by atoms with van der Waals surface area (Å²) in [7, 11) is 0. The second-order valence-electron chi connectivity index (χ2n) is 1.88. The van der Waals surface area contributed by atoms with Gasteiger partial charge in [0, 0.05) is 18.8 Å². The van der Waals surface area contributed by atoms with E-state index in [0.29, 0.717) is 13.1 Å². The van der Waals surface area contributed by atoms with Crippen LogP contribution in [0.5, 0.6) is 0 Å². The quantitative estimate of drug-likeness (QED) is 0.507. The smallest absolute Gasteiger partial charge is 0.0381 e. The largest absolute Gasteiger partial charge is 0.161 e. The summed E-state index contributed by atoms with van der Waals surface area (Å²) < 4.78 is 12.3. The van der Waals surface area contributed by atoms with E-state index in [0.717, 1.165) is 23.0 Å². The maximum absolute atomic E-state index is 12.3. The Hall–Kier alpha value is 0.240. The minimum absolute atomic E-state index is 0.616. The van der Waals surface area contributed by atoms with Crippen LogP contribution in [-0.2, 0) is 0 Å². The maximum atomic E-state index is 12.3. The van der Waals surface area contributed by atoms with Crippen LogP contribution < -0.4 is 0 Å². The van der Waals surface area contributed by atoms with Gasteiger partial charge in [-0.15, -0.1) is 9.60 Å². The zero-order valence-corrected chi connectivity index (χ0v) is 7.59. The van der Waals surface area contributed by atoms with Crippen LogP contribution in [0.3, 0.4) is 0 Å². The summed E-state index contributed by atoms with van der Waals surface area (Å²) in [6.07, 6.45) is 1.00. The molecule has 0 saturated carbocycles. The van der Waals surface area contributed by atoms with E-state index in [4.69, 9.17) is 0 Å². The third-order valence-electron chi connectivity index (χ3n) is 1.17. The van der Waals surface area contributed by atoms with Crippen LogP contribution in [0.2, 0.25) is 0 Å². The molecule has 0 N–H and O–H groups in total. The van der Waals surface area contributed by atoms with Crippen LogP contribution >= 0.6 is 11.8 Å². The maximum Gasteiger partial charge on any atom is 0.0381 e.